The largest absolute Gasteiger partial charge is 0.378 e. The van der Waals surface area contributed by atoms with Crippen molar-refractivity contribution in [1.29, 1.82) is 0 Å². The molecule has 106 valence electrons. The Morgan fingerprint density at radius 1 is 1.06 bits per heavy atom. The zero-order valence-electron chi connectivity index (χ0n) is 12.1. The van der Waals surface area contributed by atoms with Gasteiger partial charge in [0, 0.05) is 11.9 Å². The first kappa shape index (κ1) is 14.7. The lowest BCUT2D eigenvalue weighted by atomic mass is 9.75. The lowest BCUT2D eigenvalue weighted by molar-refractivity contribution is 0.0247. The van der Waals surface area contributed by atoms with E-state index < -0.39 is 0 Å². The lowest BCUT2D eigenvalue weighted by Gasteiger charge is -2.36. The van der Waals surface area contributed by atoms with Crippen LogP contribution in [0.25, 0.3) is 0 Å². The quantitative estimate of drug-likeness (QED) is 0.728. The number of hydrogen-bond acceptors (Lipinski definition) is 2. The normalized spacial score (nSPS) is 41.8. The molecule has 0 saturated heterocycles. The summed E-state index contributed by atoms with van der Waals surface area (Å²) < 4.78 is 5.76. The molecule has 0 spiro atoms. The van der Waals surface area contributed by atoms with Gasteiger partial charge in [-0.3, -0.25) is 0 Å². The van der Waals surface area contributed by atoms with Crippen LogP contribution in [0, 0.1) is 17.8 Å². The van der Waals surface area contributed by atoms with Crippen molar-refractivity contribution in [1.82, 2.24) is 0 Å². The zero-order chi connectivity index (χ0) is 13.0. The van der Waals surface area contributed by atoms with Crippen molar-refractivity contribution >= 4 is 12.6 Å². The van der Waals surface area contributed by atoms with Crippen LogP contribution in [0.3, 0.4) is 0 Å². The van der Waals surface area contributed by atoms with E-state index >= 15 is 0 Å². The zero-order valence-corrected chi connectivity index (χ0v) is 13.0. The first-order valence-corrected chi connectivity index (χ1v) is 8.50. The van der Waals surface area contributed by atoms with Gasteiger partial charge in [0.1, 0.15) is 0 Å². The second-order valence-corrected chi connectivity index (χ2v) is 7.24. The average Bonchev–Trinajstić information content (AvgIpc) is 2.36. The van der Waals surface area contributed by atoms with E-state index in [4.69, 9.17) is 17.4 Å². The Morgan fingerprint density at radius 3 is 2.39 bits per heavy atom. The summed E-state index contributed by atoms with van der Waals surface area (Å²) in [6.07, 6.45) is 11.5. The fourth-order valence-corrected chi connectivity index (χ4v) is 4.33. The Labute approximate surface area is 118 Å². The minimum Gasteiger partial charge on any atom is -0.378 e. The van der Waals surface area contributed by atoms with Crippen LogP contribution in [-0.2, 0) is 4.74 Å². The highest BCUT2D eigenvalue weighted by molar-refractivity contribution is 7.81. The van der Waals surface area contributed by atoms with Crippen LogP contribution >= 0.6 is 12.6 Å². The Balaban J connectivity index is 1.73. The van der Waals surface area contributed by atoms with Crippen molar-refractivity contribution in [2.45, 2.75) is 76.6 Å². The number of thiol groups is 1. The molecule has 3 atom stereocenters. The van der Waals surface area contributed by atoms with E-state index in [1.807, 2.05) is 0 Å². The molecule has 0 amide bonds. The van der Waals surface area contributed by atoms with Crippen LogP contribution in [0.1, 0.15) is 65.2 Å². The first-order valence-electron chi connectivity index (χ1n) is 7.98. The van der Waals surface area contributed by atoms with Crippen molar-refractivity contribution in [2.24, 2.45) is 17.8 Å². The smallest absolute Gasteiger partial charge is 0.0585 e. The van der Waals surface area contributed by atoms with Gasteiger partial charge in [0.2, 0.25) is 0 Å². The molecular formula is C16H30OS. The molecule has 0 aromatic rings. The third kappa shape index (κ3) is 4.16. The minimum atomic E-state index is 0.486. The summed E-state index contributed by atoms with van der Waals surface area (Å²) in [5.41, 5.74) is 0. The maximum atomic E-state index is 5.76. The highest BCUT2D eigenvalue weighted by atomic mass is 32.1. The summed E-state index contributed by atoms with van der Waals surface area (Å²) in [5, 5.41) is 0.578. The Hall–Kier alpha value is 0.310. The third-order valence-electron chi connectivity index (χ3n) is 5.08. The van der Waals surface area contributed by atoms with Crippen LogP contribution in [0.4, 0.5) is 0 Å². The molecule has 0 aliphatic heterocycles. The lowest BCUT2D eigenvalue weighted by Crippen LogP contribution is -2.32. The standard InChI is InChI=1S/C16H30OS/c1-3-17-15-9-8-14(16(18)11-15)10-13-6-4-12(2)5-7-13/h12-16,18H,3-11H2,1-2H3. The van der Waals surface area contributed by atoms with Crippen molar-refractivity contribution in [3.8, 4) is 0 Å². The SMILES string of the molecule is CCOC1CCC(CC2CCC(C)CC2)C(S)C1. The van der Waals surface area contributed by atoms with E-state index in [1.54, 1.807) is 0 Å². The van der Waals surface area contributed by atoms with Gasteiger partial charge in [-0.25, -0.2) is 0 Å². The maximum Gasteiger partial charge on any atom is 0.0585 e. The molecule has 2 aliphatic carbocycles. The molecule has 2 rings (SSSR count). The molecule has 0 radical (unpaired) electrons. The van der Waals surface area contributed by atoms with Gasteiger partial charge in [-0.2, -0.15) is 12.6 Å². The van der Waals surface area contributed by atoms with Gasteiger partial charge >= 0.3 is 0 Å². The second kappa shape index (κ2) is 7.19. The van der Waals surface area contributed by atoms with E-state index in [-0.39, 0.29) is 0 Å². The summed E-state index contributed by atoms with van der Waals surface area (Å²) in [5.74, 6) is 2.81. The molecular weight excluding hydrogens is 240 g/mol. The fraction of sp³-hybridized carbons (Fsp3) is 1.00. The maximum absolute atomic E-state index is 5.76. The summed E-state index contributed by atoms with van der Waals surface area (Å²) >= 11 is 4.85. The molecule has 2 saturated carbocycles. The molecule has 2 aliphatic rings. The minimum absolute atomic E-state index is 0.486. The van der Waals surface area contributed by atoms with Gasteiger partial charge in [-0.05, 0) is 50.4 Å². The van der Waals surface area contributed by atoms with E-state index in [9.17, 15) is 0 Å². The van der Waals surface area contributed by atoms with Gasteiger partial charge < -0.3 is 4.74 Å². The van der Waals surface area contributed by atoms with E-state index in [0.717, 1.165) is 24.4 Å². The van der Waals surface area contributed by atoms with E-state index in [2.05, 4.69) is 13.8 Å². The Bertz CT molecular complexity index is 235. The molecule has 0 heterocycles. The molecule has 2 fully saturated rings. The predicted molar refractivity (Wildman–Crippen MR) is 81.3 cm³/mol. The number of rotatable bonds is 4. The summed E-state index contributed by atoms with van der Waals surface area (Å²) in [4.78, 5) is 0. The second-order valence-electron chi connectivity index (χ2n) is 6.58. The van der Waals surface area contributed by atoms with Crippen molar-refractivity contribution in [2.75, 3.05) is 6.61 Å². The highest BCUT2D eigenvalue weighted by Gasteiger charge is 2.31. The van der Waals surface area contributed by atoms with Crippen LogP contribution in [0.5, 0.6) is 0 Å². The molecule has 2 heteroatoms. The Morgan fingerprint density at radius 2 is 1.78 bits per heavy atom. The molecule has 0 N–H and O–H groups in total. The summed E-state index contributed by atoms with van der Waals surface area (Å²) in [7, 11) is 0. The highest BCUT2D eigenvalue weighted by Crippen LogP contribution is 2.39. The predicted octanol–water partition coefficient (Wildman–Crippen LogP) is 4.71. The Kier molecular flexibility index (Phi) is 5.88. The van der Waals surface area contributed by atoms with Crippen LogP contribution in [0.15, 0.2) is 0 Å². The number of hydrogen-bond donors (Lipinski definition) is 1. The van der Waals surface area contributed by atoms with Gasteiger partial charge in [-0.1, -0.05) is 32.6 Å². The molecule has 0 aromatic carbocycles. The molecule has 1 nitrogen and oxygen atoms in total. The van der Waals surface area contributed by atoms with Crippen molar-refractivity contribution < 1.29 is 4.74 Å². The van der Waals surface area contributed by atoms with Crippen LogP contribution in [0.2, 0.25) is 0 Å². The topological polar surface area (TPSA) is 9.23 Å². The van der Waals surface area contributed by atoms with E-state index in [0.29, 0.717) is 11.4 Å². The van der Waals surface area contributed by atoms with Gasteiger partial charge in [0.05, 0.1) is 6.10 Å². The van der Waals surface area contributed by atoms with Gasteiger partial charge in [0.25, 0.3) is 0 Å². The van der Waals surface area contributed by atoms with Crippen molar-refractivity contribution in [3.05, 3.63) is 0 Å². The molecule has 0 aromatic heterocycles. The summed E-state index contributed by atoms with van der Waals surface area (Å²) in [6, 6.07) is 0. The van der Waals surface area contributed by atoms with Gasteiger partial charge in [-0.15, -0.1) is 0 Å². The van der Waals surface area contributed by atoms with Crippen molar-refractivity contribution in [3.63, 3.8) is 0 Å². The molecule has 0 bridgehead atoms. The fourth-order valence-electron chi connectivity index (χ4n) is 3.83. The van der Waals surface area contributed by atoms with E-state index in [1.165, 1.54) is 51.4 Å². The summed E-state index contributed by atoms with van der Waals surface area (Å²) in [6.45, 7) is 5.37. The average molecular weight is 270 g/mol. The molecule has 18 heavy (non-hydrogen) atoms. The van der Waals surface area contributed by atoms with Gasteiger partial charge in [0.15, 0.2) is 0 Å². The number of ether oxygens (including phenoxy) is 1. The van der Waals surface area contributed by atoms with Crippen LogP contribution in [-0.4, -0.2) is 18.0 Å². The molecule has 3 unspecified atom stereocenters. The monoisotopic (exact) mass is 270 g/mol. The third-order valence-corrected chi connectivity index (χ3v) is 5.71. The first-order chi connectivity index (χ1) is 8.69. The van der Waals surface area contributed by atoms with Crippen LogP contribution < -0.4 is 0 Å².